The Bertz CT molecular complexity index is 517. The second kappa shape index (κ2) is 3.55. The molecule has 0 bridgehead atoms. The first-order valence-electron chi connectivity index (χ1n) is 5.57. The SMILES string of the molecule is COc1ccc2c(c1)c(C(C)(C)C)cn2C. The molecule has 0 aliphatic rings. The van der Waals surface area contributed by atoms with Crippen molar-refractivity contribution in [3.8, 4) is 5.75 Å². The van der Waals surface area contributed by atoms with Crippen LogP contribution in [0.4, 0.5) is 0 Å². The molecule has 2 nitrogen and oxygen atoms in total. The largest absolute Gasteiger partial charge is 0.497 e. The van der Waals surface area contributed by atoms with Crippen molar-refractivity contribution in [2.24, 2.45) is 7.05 Å². The first-order chi connectivity index (χ1) is 7.43. The average molecular weight is 217 g/mol. The van der Waals surface area contributed by atoms with Gasteiger partial charge in [-0.1, -0.05) is 20.8 Å². The van der Waals surface area contributed by atoms with Crippen LogP contribution in [0, 0.1) is 0 Å². The van der Waals surface area contributed by atoms with Gasteiger partial charge in [0.1, 0.15) is 5.75 Å². The molecular formula is C14H19NO. The summed E-state index contributed by atoms with van der Waals surface area (Å²) in [7, 11) is 3.80. The Morgan fingerprint density at radius 3 is 2.44 bits per heavy atom. The van der Waals surface area contributed by atoms with E-state index in [4.69, 9.17) is 4.74 Å². The molecule has 2 aromatic rings. The minimum Gasteiger partial charge on any atom is -0.497 e. The summed E-state index contributed by atoms with van der Waals surface area (Å²) in [5, 5.41) is 1.29. The van der Waals surface area contributed by atoms with Crippen LogP contribution in [0.5, 0.6) is 5.75 Å². The van der Waals surface area contributed by atoms with Crippen molar-refractivity contribution in [2.75, 3.05) is 7.11 Å². The maximum atomic E-state index is 5.29. The summed E-state index contributed by atoms with van der Waals surface area (Å²) in [6, 6.07) is 6.24. The molecule has 0 aliphatic heterocycles. The molecule has 16 heavy (non-hydrogen) atoms. The molecule has 0 radical (unpaired) electrons. The van der Waals surface area contributed by atoms with Gasteiger partial charge >= 0.3 is 0 Å². The van der Waals surface area contributed by atoms with Crippen LogP contribution >= 0.6 is 0 Å². The molecule has 0 fully saturated rings. The number of benzene rings is 1. The smallest absolute Gasteiger partial charge is 0.119 e. The number of methoxy groups -OCH3 is 1. The lowest BCUT2D eigenvalue weighted by atomic mass is 9.87. The van der Waals surface area contributed by atoms with Crippen LogP contribution in [0.1, 0.15) is 26.3 Å². The number of aromatic nitrogens is 1. The molecular weight excluding hydrogens is 198 g/mol. The number of rotatable bonds is 1. The monoisotopic (exact) mass is 217 g/mol. The Hall–Kier alpha value is -1.44. The van der Waals surface area contributed by atoms with Crippen molar-refractivity contribution in [3.05, 3.63) is 30.0 Å². The molecule has 1 aromatic carbocycles. The summed E-state index contributed by atoms with van der Waals surface area (Å²) in [5.74, 6) is 0.921. The Labute approximate surface area is 96.8 Å². The fraction of sp³-hybridized carbons (Fsp3) is 0.429. The topological polar surface area (TPSA) is 14.2 Å². The molecule has 0 saturated heterocycles. The van der Waals surface area contributed by atoms with Crippen LogP contribution in [0.25, 0.3) is 10.9 Å². The minimum absolute atomic E-state index is 0.159. The van der Waals surface area contributed by atoms with Gasteiger partial charge in [-0.25, -0.2) is 0 Å². The van der Waals surface area contributed by atoms with E-state index in [2.05, 4.69) is 50.7 Å². The van der Waals surface area contributed by atoms with Gasteiger partial charge in [0.15, 0.2) is 0 Å². The highest BCUT2D eigenvalue weighted by molar-refractivity contribution is 5.86. The lowest BCUT2D eigenvalue weighted by Gasteiger charge is -2.17. The molecule has 0 unspecified atom stereocenters. The number of hydrogen-bond donors (Lipinski definition) is 0. The first kappa shape index (κ1) is 11.1. The third kappa shape index (κ3) is 1.69. The van der Waals surface area contributed by atoms with Crippen LogP contribution < -0.4 is 4.74 Å². The Balaban J connectivity index is 2.75. The standard InChI is InChI=1S/C14H19NO/c1-14(2,3)12-9-15(4)13-7-6-10(16-5)8-11(12)13/h6-9H,1-5H3. The van der Waals surface area contributed by atoms with Gasteiger partial charge in [0.05, 0.1) is 7.11 Å². The van der Waals surface area contributed by atoms with Gasteiger partial charge in [-0.05, 0) is 29.2 Å². The summed E-state index contributed by atoms with van der Waals surface area (Å²) in [5.41, 5.74) is 2.78. The van der Waals surface area contributed by atoms with E-state index in [0.29, 0.717) is 0 Å². The first-order valence-corrected chi connectivity index (χ1v) is 5.57. The lowest BCUT2D eigenvalue weighted by molar-refractivity contribution is 0.415. The zero-order valence-corrected chi connectivity index (χ0v) is 10.7. The molecule has 2 heteroatoms. The molecule has 1 heterocycles. The van der Waals surface area contributed by atoms with Crippen molar-refractivity contribution in [2.45, 2.75) is 26.2 Å². The Morgan fingerprint density at radius 2 is 1.88 bits per heavy atom. The predicted molar refractivity (Wildman–Crippen MR) is 68.2 cm³/mol. The van der Waals surface area contributed by atoms with Crippen LogP contribution in [-0.4, -0.2) is 11.7 Å². The highest BCUT2D eigenvalue weighted by atomic mass is 16.5. The fourth-order valence-corrected chi connectivity index (χ4v) is 2.10. The third-order valence-corrected chi connectivity index (χ3v) is 3.00. The molecule has 0 N–H and O–H groups in total. The van der Waals surface area contributed by atoms with Gasteiger partial charge in [-0.2, -0.15) is 0 Å². The van der Waals surface area contributed by atoms with Crippen molar-refractivity contribution < 1.29 is 4.74 Å². The molecule has 0 atom stereocenters. The van der Waals surface area contributed by atoms with Crippen LogP contribution in [0.2, 0.25) is 0 Å². The molecule has 0 aliphatic carbocycles. The molecule has 2 rings (SSSR count). The van der Waals surface area contributed by atoms with Gasteiger partial charge in [-0.15, -0.1) is 0 Å². The lowest BCUT2D eigenvalue weighted by Crippen LogP contribution is -2.10. The van der Waals surface area contributed by atoms with E-state index in [1.54, 1.807) is 7.11 Å². The Morgan fingerprint density at radius 1 is 1.19 bits per heavy atom. The zero-order valence-electron chi connectivity index (χ0n) is 10.7. The van der Waals surface area contributed by atoms with Gasteiger partial charge in [0.2, 0.25) is 0 Å². The highest BCUT2D eigenvalue weighted by Gasteiger charge is 2.19. The summed E-state index contributed by atoms with van der Waals surface area (Å²) in [4.78, 5) is 0. The van der Waals surface area contributed by atoms with Crippen LogP contribution in [0.3, 0.4) is 0 Å². The van der Waals surface area contributed by atoms with Crippen LogP contribution in [0.15, 0.2) is 24.4 Å². The molecule has 86 valence electrons. The number of nitrogens with zero attached hydrogens (tertiary/aromatic N) is 1. The van der Waals surface area contributed by atoms with Crippen molar-refractivity contribution in [1.82, 2.24) is 4.57 Å². The van der Waals surface area contributed by atoms with Crippen molar-refractivity contribution in [3.63, 3.8) is 0 Å². The normalized spacial score (nSPS) is 12.1. The van der Waals surface area contributed by atoms with E-state index in [1.807, 2.05) is 6.07 Å². The molecule has 0 amide bonds. The quantitative estimate of drug-likeness (QED) is 0.713. The summed E-state index contributed by atoms with van der Waals surface area (Å²) >= 11 is 0. The van der Waals surface area contributed by atoms with E-state index in [0.717, 1.165) is 5.75 Å². The zero-order chi connectivity index (χ0) is 11.9. The number of aryl methyl sites for hydroxylation is 1. The van der Waals surface area contributed by atoms with E-state index in [9.17, 15) is 0 Å². The van der Waals surface area contributed by atoms with Crippen molar-refractivity contribution in [1.29, 1.82) is 0 Å². The molecule has 1 aromatic heterocycles. The molecule has 0 spiro atoms. The fourth-order valence-electron chi connectivity index (χ4n) is 2.10. The highest BCUT2D eigenvalue weighted by Crippen LogP contribution is 2.33. The van der Waals surface area contributed by atoms with Gasteiger partial charge < -0.3 is 9.30 Å². The van der Waals surface area contributed by atoms with E-state index >= 15 is 0 Å². The second-order valence-corrected chi connectivity index (χ2v) is 5.29. The maximum absolute atomic E-state index is 5.29. The number of hydrogen-bond acceptors (Lipinski definition) is 1. The summed E-state index contributed by atoms with van der Waals surface area (Å²) in [6.07, 6.45) is 2.21. The average Bonchev–Trinajstić information content (AvgIpc) is 2.55. The van der Waals surface area contributed by atoms with Crippen LogP contribution in [-0.2, 0) is 12.5 Å². The third-order valence-electron chi connectivity index (χ3n) is 3.00. The van der Waals surface area contributed by atoms with Gasteiger partial charge in [-0.3, -0.25) is 0 Å². The van der Waals surface area contributed by atoms with Crippen molar-refractivity contribution >= 4 is 10.9 Å². The van der Waals surface area contributed by atoms with E-state index in [1.165, 1.54) is 16.5 Å². The van der Waals surface area contributed by atoms with E-state index in [-0.39, 0.29) is 5.41 Å². The van der Waals surface area contributed by atoms with Gasteiger partial charge in [0.25, 0.3) is 0 Å². The maximum Gasteiger partial charge on any atom is 0.119 e. The van der Waals surface area contributed by atoms with Gasteiger partial charge in [0, 0.05) is 24.1 Å². The Kier molecular flexibility index (Phi) is 2.45. The number of fused-ring (bicyclic) bond motifs is 1. The van der Waals surface area contributed by atoms with E-state index < -0.39 is 0 Å². The second-order valence-electron chi connectivity index (χ2n) is 5.29. The minimum atomic E-state index is 0.159. The number of ether oxygens (including phenoxy) is 1. The predicted octanol–water partition coefficient (Wildman–Crippen LogP) is 3.48. The molecule has 0 saturated carbocycles. The summed E-state index contributed by atoms with van der Waals surface area (Å²) < 4.78 is 7.47. The summed E-state index contributed by atoms with van der Waals surface area (Å²) in [6.45, 7) is 6.71.